The number of halogens is 1. The number of methoxy groups -OCH3 is 2. The first-order valence-corrected chi connectivity index (χ1v) is 6.71. The maximum absolute atomic E-state index is 5.88. The SMILES string of the molecule is COCCN(CCOC)Cc1cccc(N)c1Br. The molecule has 0 bridgehead atoms. The summed E-state index contributed by atoms with van der Waals surface area (Å²) in [4.78, 5) is 2.28. The first-order chi connectivity index (χ1) is 8.69. The van der Waals surface area contributed by atoms with Crippen LogP contribution in [-0.4, -0.2) is 45.4 Å². The van der Waals surface area contributed by atoms with Crippen LogP contribution in [0.4, 0.5) is 5.69 Å². The van der Waals surface area contributed by atoms with Crippen LogP contribution >= 0.6 is 15.9 Å². The zero-order valence-corrected chi connectivity index (χ0v) is 12.6. The van der Waals surface area contributed by atoms with Gasteiger partial charge >= 0.3 is 0 Å². The molecule has 0 radical (unpaired) electrons. The van der Waals surface area contributed by atoms with Crippen molar-refractivity contribution in [1.82, 2.24) is 4.90 Å². The van der Waals surface area contributed by atoms with E-state index in [4.69, 9.17) is 15.2 Å². The van der Waals surface area contributed by atoms with Gasteiger partial charge in [0.25, 0.3) is 0 Å². The lowest BCUT2D eigenvalue weighted by molar-refractivity contribution is 0.110. The molecule has 0 saturated carbocycles. The van der Waals surface area contributed by atoms with E-state index in [-0.39, 0.29) is 0 Å². The summed E-state index contributed by atoms with van der Waals surface area (Å²) >= 11 is 3.53. The molecule has 0 amide bonds. The van der Waals surface area contributed by atoms with Gasteiger partial charge in [-0.25, -0.2) is 0 Å². The molecule has 0 aliphatic carbocycles. The predicted molar refractivity (Wildman–Crippen MR) is 77.6 cm³/mol. The van der Waals surface area contributed by atoms with Gasteiger partial charge in [0.05, 0.1) is 13.2 Å². The molecule has 102 valence electrons. The van der Waals surface area contributed by atoms with Gasteiger partial charge in [-0.2, -0.15) is 0 Å². The number of anilines is 1. The van der Waals surface area contributed by atoms with Crippen LogP contribution in [-0.2, 0) is 16.0 Å². The topological polar surface area (TPSA) is 47.7 Å². The van der Waals surface area contributed by atoms with Gasteiger partial charge in [0.2, 0.25) is 0 Å². The van der Waals surface area contributed by atoms with Crippen molar-refractivity contribution in [2.45, 2.75) is 6.54 Å². The van der Waals surface area contributed by atoms with Crippen LogP contribution < -0.4 is 5.73 Å². The van der Waals surface area contributed by atoms with E-state index < -0.39 is 0 Å². The number of benzene rings is 1. The fraction of sp³-hybridized carbons (Fsp3) is 0.538. The average molecular weight is 317 g/mol. The molecule has 0 heterocycles. The van der Waals surface area contributed by atoms with Crippen LogP contribution in [0.1, 0.15) is 5.56 Å². The number of ether oxygens (including phenoxy) is 2. The normalized spacial score (nSPS) is 11.1. The molecule has 1 aromatic rings. The molecule has 1 aromatic carbocycles. The van der Waals surface area contributed by atoms with Crippen molar-refractivity contribution in [2.24, 2.45) is 0 Å². The molecule has 0 fully saturated rings. The van der Waals surface area contributed by atoms with Crippen molar-refractivity contribution < 1.29 is 9.47 Å². The van der Waals surface area contributed by atoms with Crippen molar-refractivity contribution >= 4 is 21.6 Å². The van der Waals surface area contributed by atoms with Crippen LogP contribution in [0, 0.1) is 0 Å². The largest absolute Gasteiger partial charge is 0.398 e. The van der Waals surface area contributed by atoms with Crippen molar-refractivity contribution in [3.63, 3.8) is 0 Å². The summed E-state index contributed by atoms with van der Waals surface area (Å²) in [6.45, 7) is 4.01. The number of nitrogen functional groups attached to an aromatic ring is 1. The Kier molecular flexibility index (Phi) is 7.27. The highest BCUT2D eigenvalue weighted by atomic mass is 79.9. The van der Waals surface area contributed by atoms with Crippen LogP contribution in [0.25, 0.3) is 0 Å². The summed E-state index contributed by atoms with van der Waals surface area (Å²) in [5.41, 5.74) is 7.83. The Hall–Kier alpha value is -0.620. The third-order valence-corrected chi connectivity index (χ3v) is 3.69. The lowest BCUT2D eigenvalue weighted by Gasteiger charge is -2.22. The molecular weight excluding hydrogens is 296 g/mol. The monoisotopic (exact) mass is 316 g/mol. The van der Waals surface area contributed by atoms with Crippen LogP contribution in [0.3, 0.4) is 0 Å². The number of rotatable bonds is 8. The summed E-state index contributed by atoms with van der Waals surface area (Å²) in [5, 5.41) is 0. The van der Waals surface area contributed by atoms with Gasteiger partial charge < -0.3 is 15.2 Å². The lowest BCUT2D eigenvalue weighted by atomic mass is 10.2. The fourth-order valence-corrected chi connectivity index (χ4v) is 2.06. The van der Waals surface area contributed by atoms with E-state index in [1.165, 1.54) is 5.56 Å². The average Bonchev–Trinajstić information content (AvgIpc) is 2.38. The number of nitrogens with two attached hydrogens (primary N) is 1. The number of nitrogens with zero attached hydrogens (tertiary/aromatic N) is 1. The van der Waals surface area contributed by atoms with Crippen molar-refractivity contribution in [3.8, 4) is 0 Å². The summed E-state index contributed by atoms with van der Waals surface area (Å²) in [6, 6.07) is 5.94. The van der Waals surface area contributed by atoms with E-state index in [1.54, 1.807) is 14.2 Å². The van der Waals surface area contributed by atoms with E-state index in [0.717, 1.165) is 29.8 Å². The molecule has 4 nitrogen and oxygen atoms in total. The van der Waals surface area contributed by atoms with E-state index in [1.807, 2.05) is 12.1 Å². The van der Waals surface area contributed by atoms with Crippen LogP contribution in [0.15, 0.2) is 22.7 Å². The van der Waals surface area contributed by atoms with Gasteiger partial charge in [-0.15, -0.1) is 0 Å². The standard InChI is InChI=1S/C13H21BrN2O2/c1-17-8-6-16(7-9-18-2)10-11-4-3-5-12(15)13(11)14/h3-5H,6-10,15H2,1-2H3. The quantitative estimate of drug-likeness (QED) is 0.746. The Morgan fingerprint density at radius 2 is 1.78 bits per heavy atom. The third kappa shape index (κ3) is 4.94. The molecule has 0 saturated heterocycles. The Labute approximate surface area is 117 Å². The molecule has 5 heteroatoms. The molecule has 18 heavy (non-hydrogen) atoms. The molecule has 0 atom stereocenters. The minimum atomic E-state index is 0.712. The molecule has 1 rings (SSSR count). The molecule has 0 aliphatic rings. The molecule has 0 unspecified atom stereocenters. The number of hydrogen-bond donors (Lipinski definition) is 1. The summed E-state index contributed by atoms with van der Waals surface area (Å²) in [7, 11) is 3.43. The first-order valence-electron chi connectivity index (χ1n) is 5.92. The van der Waals surface area contributed by atoms with E-state index in [0.29, 0.717) is 13.2 Å². The van der Waals surface area contributed by atoms with Crippen LogP contribution in [0.5, 0.6) is 0 Å². The van der Waals surface area contributed by atoms with Crippen molar-refractivity contribution in [2.75, 3.05) is 46.3 Å². The highest BCUT2D eigenvalue weighted by Gasteiger charge is 2.09. The molecule has 0 aliphatic heterocycles. The maximum atomic E-state index is 5.88. The Balaban J connectivity index is 2.65. The first kappa shape index (κ1) is 15.4. The fourth-order valence-electron chi connectivity index (χ4n) is 1.67. The molecule has 2 N–H and O–H groups in total. The smallest absolute Gasteiger partial charge is 0.0589 e. The zero-order valence-electron chi connectivity index (χ0n) is 11.0. The van der Waals surface area contributed by atoms with Gasteiger partial charge in [-0.3, -0.25) is 4.90 Å². The third-order valence-electron chi connectivity index (χ3n) is 2.73. The van der Waals surface area contributed by atoms with Gasteiger partial charge in [0, 0.05) is 44.0 Å². The second-order valence-electron chi connectivity index (χ2n) is 4.08. The minimum absolute atomic E-state index is 0.712. The Morgan fingerprint density at radius 1 is 1.17 bits per heavy atom. The molecule has 0 aromatic heterocycles. The summed E-state index contributed by atoms with van der Waals surface area (Å²) < 4.78 is 11.2. The van der Waals surface area contributed by atoms with Crippen LogP contribution in [0.2, 0.25) is 0 Å². The lowest BCUT2D eigenvalue weighted by Crippen LogP contribution is -2.30. The van der Waals surface area contributed by atoms with Gasteiger partial charge in [-0.1, -0.05) is 12.1 Å². The van der Waals surface area contributed by atoms with E-state index >= 15 is 0 Å². The van der Waals surface area contributed by atoms with Crippen molar-refractivity contribution in [3.05, 3.63) is 28.2 Å². The summed E-state index contributed by atoms with van der Waals surface area (Å²) in [5.74, 6) is 0. The highest BCUT2D eigenvalue weighted by Crippen LogP contribution is 2.24. The van der Waals surface area contributed by atoms with Gasteiger partial charge in [-0.05, 0) is 27.6 Å². The predicted octanol–water partition coefficient (Wildman–Crippen LogP) is 2.13. The second-order valence-corrected chi connectivity index (χ2v) is 4.88. The Morgan fingerprint density at radius 3 is 2.33 bits per heavy atom. The highest BCUT2D eigenvalue weighted by molar-refractivity contribution is 9.10. The number of hydrogen-bond acceptors (Lipinski definition) is 4. The van der Waals surface area contributed by atoms with E-state index in [2.05, 4.69) is 26.9 Å². The van der Waals surface area contributed by atoms with E-state index in [9.17, 15) is 0 Å². The molecule has 0 spiro atoms. The van der Waals surface area contributed by atoms with Gasteiger partial charge in [0.15, 0.2) is 0 Å². The second kappa shape index (κ2) is 8.48. The zero-order chi connectivity index (χ0) is 13.4. The summed E-state index contributed by atoms with van der Waals surface area (Å²) in [6.07, 6.45) is 0. The maximum Gasteiger partial charge on any atom is 0.0589 e. The molecular formula is C13H21BrN2O2. The van der Waals surface area contributed by atoms with Crippen molar-refractivity contribution in [1.29, 1.82) is 0 Å². The minimum Gasteiger partial charge on any atom is -0.398 e. The van der Waals surface area contributed by atoms with Gasteiger partial charge in [0.1, 0.15) is 0 Å². The Bertz CT molecular complexity index is 353.